The largest absolute Gasteiger partial charge is 0.466 e. The zero-order valence-corrected chi connectivity index (χ0v) is 5.09. The average Bonchev–Trinajstić information content (AvgIpc) is 1.36. The molecular formula is C2H13O4PSi. The van der Waals surface area contributed by atoms with E-state index in [9.17, 15) is 0 Å². The Balaban J connectivity index is -0.0000000750. The molecule has 0 heterocycles. The Morgan fingerprint density at radius 2 is 1.12 bits per heavy atom. The molecule has 3 N–H and O–H groups in total. The van der Waals surface area contributed by atoms with Crippen molar-refractivity contribution < 1.29 is 19.2 Å². The van der Waals surface area contributed by atoms with Gasteiger partial charge in [-0.2, -0.15) is 0 Å². The molecule has 0 rings (SSSR count). The summed E-state index contributed by atoms with van der Waals surface area (Å²) < 4.78 is 8.88. The topological polar surface area (TPSA) is 77.8 Å². The quantitative estimate of drug-likeness (QED) is 0.302. The second kappa shape index (κ2) is 7.33. The van der Waals surface area contributed by atoms with E-state index in [0.29, 0.717) is 0 Å². The van der Waals surface area contributed by atoms with Crippen molar-refractivity contribution in [2.24, 2.45) is 0 Å². The van der Waals surface area contributed by atoms with Gasteiger partial charge in [0.25, 0.3) is 0 Å². The molecule has 0 aliphatic heterocycles. The van der Waals surface area contributed by atoms with Gasteiger partial charge in [0.1, 0.15) is 0 Å². The van der Waals surface area contributed by atoms with Crippen LogP contribution in [0.5, 0.6) is 0 Å². The summed E-state index contributed by atoms with van der Waals surface area (Å²) in [7, 11) is -4.64. The van der Waals surface area contributed by atoms with Crippen LogP contribution in [0.25, 0.3) is 0 Å². The Kier molecular flexibility index (Phi) is 14.4. The van der Waals surface area contributed by atoms with Crippen molar-refractivity contribution in [3.05, 3.63) is 0 Å². The normalized spacial score (nSPS) is 8.12. The van der Waals surface area contributed by atoms with Crippen molar-refractivity contribution in [1.29, 1.82) is 0 Å². The van der Waals surface area contributed by atoms with E-state index >= 15 is 0 Å². The van der Waals surface area contributed by atoms with E-state index in [1.807, 2.05) is 13.8 Å². The Bertz CT molecular complexity index is 60.2. The molecule has 0 bridgehead atoms. The molecule has 8 heavy (non-hydrogen) atoms. The van der Waals surface area contributed by atoms with Crippen LogP contribution < -0.4 is 0 Å². The summed E-state index contributed by atoms with van der Waals surface area (Å²) in [6.45, 7) is 4.00. The maximum absolute atomic E-state index is 8.88. The molecule has 0 aliphatic rings. The highest BCUT2D eigenvalue weighted by molar-refractivity contribution is 7.45. The third-order valence-electron chi connectivity index (χ3n) is 0. The van der Waals surface area contributed by atoms with Crippen LogP contribution in [0.1, 0.15) is 13.8 Å². The smallest absolute Gasteiger partial charge is 0.303 e. The molecule has 0 spiro atoms. The highest BCUT2D eigenvalue weighted by atomic mass is 31.2. The van der Waals surface area contributed by atoms with E-state index in [-0.39, 0.29) is 11.0 Å². The van der Waals surface area contributed by atoms with Crippen LogP contribution in [0, 0.1) is 0 Å². The first-order valence-corrected chi connectivity index (χ1v) is 3.35. The van der Waals surface area contributed by atoms with Crippen molar-refractivity contribution in [1.82, 2.24) is 0 Å². The maximum Gasteiger partial charge on any atom is 0.466 e. The fourth-order valence-electron chi connectivity index (χ4n) is 0. The first-order valence-electron chi connectivity index (χ1n) is 1.78. The molecule has 54 valence electrons. The minimum Gasteiger partial charge on any atom is -0.303 e. The molecule has 0 aromatic carbocycles. The van der Waals surface area contributed by atoms with Gasteiger partial charge in [0.2, 0.25) is 0 Å². The SMILES string of the molecule is CC.O=P(O)(O)O.[SiH4]. The molecule has 6 heteroatoms. The Morgan fingerprint density at radius 3 is 1.12 bits per heavy atom. The standard InChI is InChI=1S/C2H6.H3O4P.H4Si/c1-2;1-5(2,3)4;/h1-2H3;(H3,1,2,3,4);1H4. The van der Waals surface area contributed by atoms with Gasteiger partial charge in [-0.15, -0.1) is 0 Å². The molecular weight excluding hydrogens is 147 g/mol. The van der Waals surface area contributed by atoms with Crippen LogP contribution in [0.3, 0.4) is 0 Å². The van der Waals surface area contributed by atoms with Gasteiger partial charge in [-0.3, -0.25) is 0 Å². The van der Waals surface area contributed by atoms with Crippen LogP contribution >= 0.6 is 7.82 Å². The molecule has 0 saturated heterocycles. The predicted octanol–water partition coefficient (Wildman–Crippen LogP) is -1.35. The maximum atomic E-state index is 8.88. The second-order valence-electron chi connectivity index (χ2n) is 0.513. The number of rotatable bonds is 0. The summed E-state index contributed by atoms with van der Waals surface area (Å²) >= 11 is 0. The van der Waals surface area contributed by atoms with Crippen LogP contribution in [0.4, 0.5) is 0 Å². The van der Waals surface area contributed by atoms with Crippen LogP contribution in [-0.4, -0.2) is 25.6 Å². The minimum atomic E-state index is -4.64. The molecule has 0 atom stereocenters. The van der Waals surface area contributed by atoms with Gasteiger partial charge in [0.15, 0.2) is 0 Å². The van der Waals surface area contributed by atoms with Crippen LogP contribution in [0.2, 0.25) is 0 Å². The molecule has 0 saturated carbocycles. The van der Waals surface area contributed by atoms with Crippen molar-refractivity contribution >= 4 is 18.8 Å². The minimum absolute atomic E-state index is 0. The Morgan fingerprint density at radius 1 is 1.12 bits per heavy atom. The first-order chi connectivity index (χ1) is 3.00. The van der Waals surface area contributed by atoms with Gasteiger partial charge < -0.3 is 14.7 Å². The monoisotopic (exact) mass is 160 g/mol. The highest BCUT2D eigenvalue weighted by Crippen LogP contribution is 2.25. The molecule has 0 radical (unpaired) electrons. The summed E-state index contributed by atoms with van der Waals surface area (Å²) in [6.07, 6.45) is 0. The summed E-state index contributed by atoms with van der Waals surface area (Å²) in [5.41, 5.74) is 0. The molecule has 0 aromatic rings. The van der Waals surface area contributed by atoms with Gasteiger partial charge in [0, 0.05) is 0 Å². The van der Waals surface area contributed by atoms with Gasteiger partial charge in [-0.25, -0.2) is 4.57 Å². The van der Waals surface area contributed by atoms with E-state index < -0.39 is 7.82 Å². The Hall–Kier alpha value is 0.327. The predicted molar refractivity (Wildman–Crippen MR) is 36.9 cm³/mol. The molecule has 0 unspecified atom stereocenters. The van der Waals surface area contributed by atoms with Crippen molar-refractivity contribution in [2.75, 3.05) is 0 Å². The van der Waals surface area contributed by atoms with E-state index in [4.69, 9.17) is 19.2 Å². The van der Waals surface area contributed by atoms with E-state index in [1.54, 1.807) is 0 Å². The summed E-state index contributed by atoms with van der Waals surface area (Å²) in [6, 6.07) is 0. The third-order valence-corrected chi connectivity index (χ3v) is 0. The molecule has 0 aliphatic carbocycles. The summed E-state index contributed by atoms with van der Waals surface area (Å²) in [5, 5.41) is 0. The summed E-state index contributed by atoms with van der Waals surface area (Å²) in [5.74, 6) is 0. The van der Waals surface area contributed by atoms with E-state index in [1.165, 1.54) is 0 Å². The van der Waals surface area contributed by atoms with Gasteiger partial charge in [-0.1, -0.05) is 13.8 Å². The average molecular weight is 160 g/mol. The highest BCUT2D eigenvalue weighted by Gasteiger charge is 2.00. The van der Waals surface area contributed by atoms with Crippen molar-refractivity contribution in [3.63, 3.8) is 0 Å². The van der Waals surface area contributed by atoms with Gasteiger partial charge in [0.05, 0.1) is 0 Å². The lowest BCUT2D eigenvalue weighted by Crippen LogP contribution is -1.66. The Labute approximate surface area is 52.8 Å². The lowest BCUT2D eigenvalue weighted by atomic mass is 11.0. The number of hydrogen-bond acceptors (Lipinski definition) is 1. The molecule has 0 fully saturated rings. The second-order valence-corrected chi connectivity index (χ2v) is 1.54. The lowest BCUT2D eigenvalue weighted by Gasteiger charge is -1.82. The fraction of sp³-hybridized carbons (Fsp3) is 1.00. The van der Waals surface area contributed by atoms with Gasteiger partial charge >= 0.3 is 7.82 Å². The van der Waals surface area contributed by atoms with E-state index in [2.05, 4.69) is 0 Å². The van der Waals surface area contributed by atoms with Crippen molar-refractivity contribution in [2.45, 2.75) is 13.8 Å². The zero-order chi connectivity index (χ0) is 6.50. The fourth-order valence-corrected chi connectivity index (χ4v) is 0. The number of phosphoric acid groups is 1. The van der Waals surface area contributed by atoms with Crippen molar-refractivity contribution in [3.8, 4) is 0 Å². The third kappa shape index (κ3) is 1680. The summed E-state index contributed by atoms with van der Waals surface area (Å²) in [4.78, 5) is 21.6. The molecule has 0 amide bonds. The zero-order valence-electron chi connectivity index (χ0n) is 4.20. The van der Waals surface area contributed by atoms with E-state index in [0.717, 1.165) is 0 Å². The van der Waals surface area contributed by atoms with Crippen LogP contribution in [0.15, 0.2) is 0 Å². The molecule has 4 nitrogen and oxygen atoms in total. The first kappa shape index (κ1) is 15.8. The molecule has 0 aromatic heterocycles. The van der Waals surface area contributed by atoms with Gasteiger partial charge in [-0.05, 0) is 11.0 Å². The van der Waals surface area contributed by atoms with Crippen LogP contribution in [-0.2, 0) is 4.57 Å². The lowest BCUT2D eigenvalue weighted by molar-refractivity contribution is 0.275. The number of hydrogen-bond donors (Lipinski definition) is 3.